The molecule has 0 aliphatic carbocycles. The Hall–Kier alpha value is -1.74. The molecule has 0 heterocycles. The van der Waals surface area contributed by atoms with Crippen molar-refractivity contribution in [2.75, 3.05) is 6.61 Å². The Labute approximate surface area is 88.9 Å². The highest BCUT2D eigenvalue weighted by molar-refractivity contribution is 5.59. The third-order valence-corrected chi connectivity index (χ3v) is 1.85. The Morgan fingerprint density at radius 3 is 2.44 bits per heavy atom. The van der Waals surface area contributed by atoms with Crippen molar-refractivity contribution < 1.29 is 25.0 Å². The summed E-state index contributed by atoms with van der Waals surface area (Å²) in [6.45, 7) is -0.923. The van der Waals surface area contributed by atoms with Gasteiger partial charge in [-0.3, -0.25) is 10.1 Å². The predicted octanol–water partition coefficient (Wildman–Crippen LogP) is -1.78. The highest BCUT2D eigenvalue weighted by Crippen LogP contribution is 2.10. The average molecular weight is 234 g/mol. The first-order valence-electron chi connectivity index (χ1n) is 4.09. The minimum absolute atomic E-state index is 0.0134. The van der Waals surface area contributed by atoms with E-state index in [1.165, 1.54) is 0 Å². The molecule has 0 saturated heterocycles. The number of nitro groups is 1. The molecule has 10 nitrogen and oxygen atoms in total. The molecule has 0 aromatic carbocycles. The van der Waals surface area contributed by atoms with Crippen molar-refractivity contribution in [3.8, 4) is 0 Å². The third-order valence-electron chi connectivity index (χ3n) is 1.85. The summed E-state index contributed by atoms with van der Waals surface area (Å²) >= 11 is 0. The van der Waals surface area contributed by atoms with Crippen LogP contribution in [-0.2, 0) is 4.79 Å². The van der Waals surface area contributed by atoms with Crippen LogP contribution in [0.1, 0.15) is 0 Å². The first-order chi connectivity index (χ1) is 7.49. The van der Waals surface area contributed by atoms with Crippen LogP contribution in [-0.4, -0.2) is 57.4 Å². The molecule has 0 bridgehead atoms. The zero-order valence-corrected chi connectivity index (χ0v) is 7.95. The summed E-state index contributed by atoms with van der Waals surface area (Å²) in [4.78, 5) is 22.1. The topological polar surface area (TPSA) is 170 Å². The lowest BCUT2D eigenvalue weighted by molar-refractivity contribution is -0.537. The summed E-state index contributed by atoms with van der Waals surface area (Å²) in [6.07, 6.45) is -3.83. The molecule has 90 valence electrons. The second kappa shape index (κ2) is 6.69. The Morgan fingerprint density at radius 1 is 1.56 bits per heavy atom. The van der Waals surface area contributed by atoms with Crippen molar-refractivity contribution in [2.45, 2.75) is 24.3 Å². The first-order valence-corrected chi connectivity index (χ1v) is 4.09. The van der Waals surface area contributed by atoms with Crippen LogP contribution in [0.2, 0.25) is 0 Å². The summed E-state index contributed by atoms with van der Waals surface area (Å²) in [5.74, 6) is 0. The molecular formula is C6H10N4O6. The number of carbonyl (C=O) groups excluding carboxylic acids is 1. The maximum Gasteiger partial charge on any atom is 0.256 e. The maximum atomic E-state index is 10.5. The highest BCUT2D eigenvalue weighted by Gasteiger charge is 2.41. The van der Waals surface area contributed by atoms with Gasteiger partial charge in [0, 0.05) is 9.84 Å². The lowest BCUT2D eigenvalue weighted by Gasteiger charge is -2.20. The lowest BCUT2D eigenvalue weighted by atomic mass is 10.0. The van der Waals surface area contributed by atoms with Crippen molar-refractivity contribution in [3.63, 3.8) is 0 Å². The molecule has 0 aromatic heterocycles. The van der Waals surface area contributed by atoms with E-state index < -0.39 is 35.8 Å². The molecule has 0 aromatic rings. The summed E-state index contributed by atoms with van der Waals surface area (Å²) in [5.41, 5.74) is 8.06. The zero-order chi connectivity index (χ0) is 12.7. The van der Waals surface area contributed by atoms with Crippen LogP contribution in [0.5, 0.6) is 0 Å². The van der Waals surface area contributed by atoms with Gasteiger partial charge < -0.3 is 20.1 Å². The number of azide groups is 1. The summed E-state index contributed by atoms with van der Waals surface area (Å²) in [7, 11) is 0. The van der Waals surface area contributed by atoms with E-state index in [1.54, 1.807) is 0 Å². The number of aliphatic hydroxyl groups excluding tert-OH is 3. The maximum absolute atomic E-state index is 10.5. The van der Waals surface area contributed by atoms with E-state index in [9.17, 15) is 20.0 Å². The Kier molecular flexibility index (Phi) is 5.96. The van der Waals surface area contributed by atoms with Crippen LogP contribution < -0.4 is 0 Å². The first kappa shape index (κ1) is 14.3. The average Bonchev–Trinajstić information content (AvgIpc) is 2.26. The fraction of sp³-hybridized carbons (Fsp3) is 0.833. The smallest absolute Gasteiger partial charge is 0.256 e. The van der Waals surface area contributed by atoms with Gasteiger partial charge in [-0.2, -0.15) is 0 Å². The normalized spacial score (nSPS) is 17.7. The molecular weight excluding hydrogens is 224 g/mol. The molecule has 3 N–H and O–H groups in total. The van der Waals surface area contributed by atoms with Gasteiger partial charge >= 0.3 is 0 Å². The highest BCUT2D eigenvalue weighted by atomic mass is 16.6. The number of aldehydes is 1. The molecule has 0 saturated carbocycles. The van der Waals surface area contributed by atoms with E-state index >= 15 is 0 Å². The fourth-order valence-corrected chi connectivity index (χ4v) is 1.02. The number of hydrogen-bond acceptors (Lipinski definition) is 7. The monoisotopic (exact) mass is 234 g/mol. The lowest BCUT2D eigenvalue weighted by Crippen LogP contribution is -2.50. The van der Waals surface area contributed by atoms with E-state index in [0.29, 0.717) is 0 Å². The standard InChI is InChI=1S/C6H10N4O6/c7-9-8-3(1-11)5(10(15)16)6(14)4(13)2-12/h1,3-6,12-14H,2H2/t3-,4+,5+,6+/m0/s1. The quantitative estimate of drug-likeness (QED) is 0.117. The van der Waals surface area contributed by atoms with Crippen molar-refractivity contribution in [1.82, 2.24) is 0 Å². The third kappa shape index (κ3) is 3.44. The second-order valence-electron chi connectivity index (χ2n) is 2.85. The number of rotatable bonds is 7. The van der Waals surface area contributed by atoms with E-state index in [1.807, 2.05) is 0 Å². The molecule has 0 radical (unpaired) electrons. The van der Waals surface area contributed by atoms with Crippen LogP contribution >= 0.6 is 0 Å². The number of carbonyl (C=O) groups is 1. The fourth-order valence-electron chi connectivity index (χ4n) is 1.02. The van der Waals surface area contributed by atoms with Gasteiger partial charge in [-0.15, -0.1) is 0 Å². The predicted molar refractivity (Wildman–Crippen MR) is 48.9 cm³/mol. The molecule has 0 spiro atoms. The molecule has 0 unspecified atom stereocenters. The number of hydrogen-bond donors (Lipinski definition) is 3. The van der Waals surface area contributed by atoms with Gasteiger partial charge in [-0.25, -0.2) is 0 Å². The van der Waals surface area contributed by atoms with Crippen LogP contribution in [0.25, 0.3) is 10.4 Å². The molecule has 0 amide bonds. The van der Waals surface area contributed by atoms with Crippen LogP contribution in [0.15, 0.2) is 5.11 Å². The van der Waals surface area contributed by atoms with Crippen LogP contribution in [0.4, 0.5) is 0 Å². The summed E-state index contributed by atoms with van der Waals surface area (Å²) in [5, 5.41) is 40.1. The van der Waals surface area contributed by atoms with Gasteiger partial charge in [0.15, 0.2) is 6.04 Å². The van der Waals surface area contributed by atoms with Crippen molar-refractivity contribution >= 4 is 6.29 Å². The Morgan fingerprint density at radius 2 is 2.12 bits per heavy atom. The zero-order valence-electron chi connectivity index (χ0n) is 7.95. The molecule has 10 heteroatoms. The second-order valence-corrected chi connectivity index (χ2v) is 2.85. The van der Waals surface area contributed by atoms with Crippen molar-refractivity contribution in [1.29, 1.82) is 0 Å². The molecule has 16 heavy (non-hydrogen) atoms. The molecule has 0 aliphatic rings. The van der Waals surface area contributed by atoms with Gasteiger partial charge in [-0.05, 0) is 5.53 Å². The molecule has 0 rings (SSSR count). The van der Waals surface area contributed by atoms with E-state index in [2.05, 4.69) is 10.0 Å². The van der Waals surface area contributed by atoms with Crippen LogP contribution in [0.3, 0.4) is 0 Å². The number of aliphatic hydroxyl groups is 3. The van der Waals surface area contributed by atoms with Gasteiger partial charge in [-0.1, -0.05) is 5.11 Å². The van der Waals surface area contributed by atoms with Gasteiger partial charge in [0.25, 0.3) is 6.04 Å². The van der Waals surface area contributed by atoms with E-state index in [0.717, 1.165) is 0 Å². The Bertz CT molecular complexity index is 303. The minimum atomic E-state index is -2.01. The van der Waals surface area contributed by atoms with Crippen LogP contribution in [0, 0.1) is 10.1 Å². The van der Waals surface area contributed by atoms with Gasteiger partial charge in [0.05, 0.1) is 6.61 Å². The molecule has 0 aliphatic heterocycles. The van der Waals surface area contributed by atoms with Gasteiger partial charge in [0.1, 0.15) is 18.5 Å². The minimum Gasteiger partial charge on any atom is -0.394 e. The van der Waals surface area contributed by atoms with Gasteiger partial charge in [0.2, 0.25) is 0 Å². The molecule has 0 fully saturated rings. The summed E-state index contributed by atoms with van der Waals surface area (Å²) < 4.78 is 0. The van der Waals surface area contributed by atoms with E-state index in [4.69, 9.17) is 15.7 Å². The van der Waals surface area contributed by atoms with Crippen molar-refractivity contribution in [2.24, 2.45) is 5.11 Å². The Balaban J connectivity index is 5.04. The molecule has 4 atom stereocenters. The largest absolute Gasteiger partial charge is 0.394 e. The summed E-state index contributed by atoms with van der Waals surface area (Å²) in [6, 6.07) is -3.76. The van der Waals surface area contributed by atoms with Crippen molar-refractivity contribution in [3.05, 3.63) is 20.6 Å². The number of nitrogens with zero attached hydrogens (tertiary/aromatic N) is 4. The van der Waals surface area contributed by atoms with E-state index in [-0.39, 0.29) is 6.29 Å². The SMILES string of the molecule is [N-]=[N+]=N[C@@H](C=O)[C@H]([C@H](O)[C@H](O)CO)[N+](=O)[O-].